The second-order valence-electron chi connectivity index (χ2n) is 6.84. The Morgan fingerprint density at radius 2 is 2.04 bits per heavy atom. The van der Waals surface area contributed by atoms with Crippen LogP contribution < -0.4 is 10.6 Å². The Morgan fingerprint density at radius 1 is 1.30 bits per heavy atom. The van der Waals surface area contributed by atoms with Crippen molar-refractivity contribution in [3.63, 3.8) is 0 Å². The van der Waals surface area contributed by atoms with E-state index in [1.165, 1.54) is 35.6 Å². The zero-order valence-electron chi connectivity index (χ0n) is 15.2. The number of halogens is 1. The zero-order chi connectivity index (χ0) is 19.4. The highest BCUT2D eigenvalue weighted by Crippen LogP contribution is 2.33. The van der Waals surface area contributed by atoms with Crippen molar-refractivity contribution < 1.29 is 14.0 Å². The van der Waals surface area contributed by atoms with Gasteiger partial charge in [-0.15, -0.1) is 10.2 Å². The van der Waals surface area contributed by atoms with Crippen molar-refractivity contribution in [1.29, 1.82) is 0 Å². The zero-order valence-corrected chi connectivity index (χ0v) is 16.1. The third kappa shape index (κ3) is 4.79. The molecule has 0 aliphatic carbocycles. The van der Waals surface area contributed by atoms with Gasteiger partial charge in [-0.05, 0) is 43.0 Å². The van der Waals surface area contributed by atoms with Crippen LogP contribution in [-0.4, -0.2) is 40.1 Å². The predicted octanol–water partition coefficient (Wildman–Crippen LogP) is 3.43. The van der Waals surface area contributed by atoms with Gasteiger partial charge in [0.2, 0.25) is 5.01 Å². The summed E-state index contributed by atoms with van der Waals surface area (Å²) in [5, 5.41) is 14.5. The molecule has 1 aromatic heterocycles. The van der Waals surface area contributed by atoms with E-state index < -0.39 is 5.91 Å². The van der Waals surface area contributed by atoms with Crippen molar-refractivity contribution in [3.05, 3.63) is 40.1 Å². The topological polar surface area (TPSA) is 87.2 Å². The number of amides is 3. The van der Waals surface area contributed by atoms with Crippen molar-refractivity contribution in [3.8, 4) is 0 Å². The van der Waals surface area contributed by atoms with Crippen LogP contribution in [0.3, 0.4) is 0 Å². The van der Waals surface area contributed by atoms with Crippen LogP contribution in [0.1, 0.15) is 47.5 Å². The highest BCUT2D eigenvalue weighted by Gasteiger charge is 2.33. The molecule has 1 fully saturated rings. The lowest BCUT2D eigenvalue weighted by Gasteiger charge is -2.23. The first kappa shape index (κ1) is 19.2. The fourth-order valence-electron chi connectivity index (χ4n) is 2.84. The standard InChI is InChI=1S/C18H22FN5O2S/c1-11(2)10-20-18(26)24-9-3-4-14(24)16-22-23-17(27-16)15(25)21-13-7-5-12(19)6-8-13/h5-8,11,14H,3-4,9-10H2,1-2H3,(H,20,26)(H,21,25). The van der Waals surface area contributed by atoms with Crippen LogP contribution in [0.15, 0.2) is 24.3 Å². The Kier molecular flexibility index (Phi) is 6.00. The predicted molar refractivity (Wildman–Crippen MR) is 101 cm³/mol. The van der Waals surface area contributed by atoms with Gasteiger partial charge in [-0.1, -0.05) is 25.2 Å². The maximum atomic E-state index is 13.0. The minimum atomic E-state index is -0.404. The van der Waals surface area contributed by atoms with E-state index >= 15 is 0 Å². The number of carbonyl (C=O) groups excluding carboxylic acids is 2. The van der Waals surface area contributed by atoms with E-state index in [4.69, 9.17) is 0 Å². The van der Waals surface area contributed by atoms with Crippen molar-refractivity contribution in [2.24, 2.45) is 5.92 Å². The summed E-state index contributed by atoms with van der Waals surface area (Å²) in [5.74, 6) is -0.402. The monoisotopic (exact) mass is 391 g/mol. The van der Waals surface area contributed by atoms with Gasteiger partial charge in [0.25, 0.3) is 5.91 Å². The Morgan fingerprint density at radius 3 is 2.74 bits per heavy atom. The molecular formula is C18H22FN5O2S. The van der Waals surface area contributed by atoms with Crippen LogP contribution in [0.4, 0.5) is 14.9 Å². The van der Waals surface area contributed by atoms with Gasteiger partial charge in [-0.2, -0.15) is 0 Å². The minimum absolute atomic E-state index is 0.112. The number of carbonyl (C=O) groups is 2. The molecule has 2 N–H and O–H groups in total. The molecule has 2 aromatic rings. The lowest BCUT2D eigenvalue weighted by atomic mass is 10.2. The number of anilines is 1. The first-order chi connectivity index (χ1) is 12.9. The van der Waals surface area contributed by atoms with Crippen molar-refractivity contribution in [2.45, 2.75) is 32.7 Å². The van der Waals surface area contributed by atoms with Crippen molar-refractivity contribution in [1.82, 2.24) is 20.4 Å². The lowest BCUT2D eigenvalue weighted by molar-refractivity contribution is 0.102. The van der Waals surface area contributed by atoms with E-state index in [0.29, 0.717) is 29.7 Å². The molecule has 1 aromatic carbocycles. The fraction of sp³-hybridized carbons (Fsp3) is 0.444. The molecule has 0 radical (unpaired) electrons. The Hall–Kier alpha value is -2.55. The van der Waals surface area contributed by atoms with Gasteiger partial charge in [0.1, 0.15) is 10.8 Å². The van der Waals surface area contributed by atoms with Crippen LogP contribution in [0.5, 0.6) is 0 Å². The second-order valence-corrected chi connectivity index (χ2v) is 7.85. The van der Waals surface area contributed by atoms with Gasteiger partial charge in [-0.25, -0.2) is 9.18 Å². The molecule has 3 rings (SSSR count). The number of urea groups is 1. The molecule has 9 heteroatoms. The van der Waals surface area contributed by atoms with E-state index in [1.807, 2.05) is 13.8 Å². The van der Waals surface area contributed by atoms with Crippen LogP contribution in [0.2, 0.25) is 0 Å². The summed E-state index contributed by atoms with van der Waals surface area (Å²) in [6.45, 7) is 5.35. The van der Waals surface area contributed by atoms with E-state index in [1.54, 1.807) is 4.90 Å². The average molecular weight is 391 g/mol. The molecule has 7 nitrogen and oxygen atoms in total. The first-order valence-electron chi connectivity index (χ1n) is 8.89. The van der Waals surface area contributed by atoms with Gasteiger partial charge in [0.05, 0.1) is 6.04 Å². The molecule has 0 saturated carbocycles. The van der Waals surface area contributed by atoms with Gasteiger partial charge in [0.15, 0.2) is 0 Å². The number of benzene rings is 1. The maximum Gasteiger partial charge on any atom is 0.318 e. The van der Waals surface area contributed by atoms with Crippen molar-refractivity contribution in [2.75, 3.05) is 18.4 Å². The van der Waals surface area contributed by atoms with E-state index in [9.17, 15) is 14.0 Å². The van der Waals surface area contributed by atoms with Crippen LogP contribution in [0, 0.1) is 11.7 Å². The summed E-state index contributed by atoms with van der Waals surface area (Å²) in [7, 11) is 0. The second kappa shape index (κ2) is 8.43. The maximum absolute atomic E-state index is 13.0. The van der Waals surface area contributed by atoms with Crippen LogP contribution in [0.25, 0.3) is 0 Å². The van der Waals surface area contributed by atoms with Gasteiger partial charge in [0, 0.05) is 18.8 Å². The molecule has 1 atom stereocenters. The number of nitrogens with zero attached hydrogens (tertiary/aromatic N) is 3. The SMILES string of the molecule is CC(C)CNC(=O)N1CCCC1c1nnc(C(=O)Nc2ccc(F)cc2)s1. The Balaban J connectivity index is 1.66. The summed E-state index contributed by atoms with van der Waals surface area (Å²) in [6.07, 6.45) is 1.68. The number of likely N-dealkylation sites (tertiary alicyclic amines) is 1. The number of rotatable bonds is 5. The molecule has 1 unspecified atom stereocenters. The third-order valence-electron chi connectivity index (χ3n) is 4.20. The molecule has 0 bridgehead atoms. The molecule has 2 heterocycles. The lowest BCUT2D eigenvalue weighted by Crippen LogP contribution is -2.40. The van der Waals surface area contributed by atoms with E-state index in [2.05, 4.69) is 20.8 Å². The molecule has 1 aliphatic heterocycles. The third-order valence-corrected chi connectivity index (χ3v) is 5.22. The molecule has 27 heavy (non-hydrogen) atoms. The minimum Gasteiger partial charge on any atom is -0.338 e. The summed E-state index contributed by atoms with van der Waals surface area (Å²) < 4.78 is 13.0. The molecule has 1 aliphatic rings. The van der Waals surface area contributed by atoms with Gasteiger partial charge in [-0.3, -0.25) is 4.79 Å². The molecule has 3 amide bonds. The molecular weight excluding hydrogens is 369 g/mol. The number of aromatic nitrogens is 2. The Bertz CT molecular complexity index is 808. The summed E-state index contributed by atoms with van der Waals surface area (Å²) in [6, 6.07) is 5.22. The summed E-state index contributed by atoms with van der Waals surface area (Å²) in [5.41, 5.74) is 0.480. The van der Waals surface area contributed by atoms with E-state index in [-0.39, 0.29) is 22.9 Å². The molecule has 1 saturated heterocycles. The smallest absolute Gasteiger partial charge is 0.318 e. The molecule has 144 valence electrons. The largest absolute Gasteiger partial charge is 0.338 e. The Labute approximate surface area is 161 Å². The summed E-state index contributed by atoms with van der Waals surface area (Å²) >= 11 is 1.18. The number of hydrogen-bond donors (Lipinski definition) is 2. The van der Waals surface area contributed by atoms with E-state index in [0.717, 1.165) is 12.8 Å². The summed E-state index contributed by atoms with van der Waals surface area (Å²) in [4.78, 5) is 26.5. The van der Waals surface area contributed by atoms with Crippen LogP contribution in [-0.2, 0) is 0 Å². The molecule has 0 spiro atoms. The van der Waals surface area contributed by atoms with Crippen LogP contribution >= 0.6 is 11.3 Å². The average Bonchev–Trinajstić information content (AvgIpc) is 3.30. The number of hydrogen-bond acceptors (Lipinski definition) is 5. The highest BCUT2D eigenvalue weighted by molar-refractivity contribution is 7.13. The first-order valence-corrected chi connectivity index (χ1v) is 9.70. The normalized spacial score (nSPS) is 16.6. The van der Waals surface area contributed by atoms with Crippen molar-refractivity contribution >= 4 is 29.0 Å². The van der Waals surface area contributed by atoms with Gasteiger partial charge < -0.3 is 15.5 Å². The quantitative estimate of drug-likeness (QED) is 0.817. The number of nitrogens with one attached hydrogen (secondary N) is 2. The highest BCUT2D eigenvalue weighted by atomic mass is 32.1. The fourth-order valence-corrected chi connectivity index (χ4v) is 3.72. The van der Waals surface area contributed by atoms with Gasteiger partial charge >= 0.3 is 6.03 Å².